The molecule has 31 heavy (non-hydrogen) atoms. The van der Waals surface area contributed by atoms with Crippen molar-refractivity contribution in [2.75, 3.05) is 11.9 Å². The zero-order chi connectivity index (χ0) is 21.2. The summed E-state index contributed by atoms with van der Waals surface area (Å²) in [7, 11) is 0. The lowest BCUT2D eigenvalue weighted by Gasteiger charge is -2.05. The molecule has 4 heterocycles. The van der Waals surface area contributed by atoms with Gasteiger partial charge in [0.2, 0.25) is 0 Å². The van der Waals surface area contributed by atoms with E-state index in [9.17, 15) is 0 Å². The third-order valence-corrected chi connectivity index (χ3v) is 10.1. The smallest absolute Gasteiger partial charge is 0.0674 e. The topological polar surface area (TPSA) is 12.0 Å². The summed E-state index contributed by atoms with van der Waals surface area (Å²) in [6.07, 6.45) is 6.13. The van der Waals surface area contributed by atoms with Crippen LogP contribution in [0.1, 0.15) is 45.1 Å². The van der Waals surface area contributed by atoms with Crippen molar-refractivity contribution >= 4 is 71.2 Å². The van der Waals surface area contributed by atoms with Crippen molar-refractivity contribution in [3.05, 3.63) is 52.7 Å². The minimum atomic E-state index is 1.05. The van der Waals surface area contributed by atoms with Crippen molar-refractivity contribution in [3.63, 3.8) is 0 Å². The molecule has 0 aliphatic heterocycles. The van der Waals surface area contributed by atoms with E-state index in [4.69, 9.17) is 0 Å². The van der Waals surface area contributed by atoms with E-state index in [2.05, 4.69) is 66.3 Å². The third-order valence-electron chi connectivity index (χ3n) is 5.70. The maximum absolute atomic E-state index is 3.64. The van der Waals surface area contributed by atoms with Gasteiger partial charge >= 0.3 is 0 Å². The van der Waals surface area contributed by atoms with Crippen molar-refractivity contribution in [3.8, 4) is 19.5 Å². The van der Waals surface area contributed by atoms with Crippen molar-refractivity contribution in [1.29, 1.82) is 0 Å². The van der Waals surface area contributed by atoms with E-state index >= 15 is 0 Å². The van der Waals surface area contributed by atoms with Crippen molar-refractivity contribution in [2.45, 2.75) is 46.0 Å². The molecule has 5 rings (SSSR count). The first-order chi connectivity index (χ1) is 15.3. The van der Waals surface area contributed by atoms with Crippen LogP contribution in [0.15, 0.2) is 47.2 Å². The fourth-order valence-electron chi connectivity index (χ4n) is 4.01. The Labute approximate surface area is 200 Å². The van der Waals surface area contributed by atoms with Crippen LogP contribution in [0.5, 0.6) is 0 Å². The second kappa shape index (κ2) is 9.45. The van der Waals surface area contributed by atoms with Crippen molar-refractivity contribution in [1.82, 2.24) is 0 Å². The van der Waals surface area contributed by atoms with E-state index in [1.54, 1.807) is 0 Å². The monoisotopic (exact) mass is 481 g/mol. The average molecular weight is 482 g/mol. The van der Waals surface area contributed by atoms with Crippen LogP contribution in [0.25, 0.3) is 39.7 Å². The summed E-state index contributed by atoms with van der Waals surface area (Å²) in [5.41, 5.74) is 2.80. The number of hydrogen-bond acceptors (Lipinski definition) is 5. The highest BCUT2D eigenvalue weighted by Gasteiger charge is 2.15. The summed E-state index contributed by atoms with van der Waals surface area (Å²) in [6, 6.07) is 14.0. The van der Waals surface area contributed by atoms with E-state index in [0.29, 0.717) is 0 Å². The second-order valence-electron chi connectivity index (χ2n) is 7.93. The lowest BCUT2D eigenvalue weighted by molar-refractivity contribution is 0.798. The molecular weight excluding hydrogens is 455 g/mol. The highest BCUT2D eigenvalue weighted by atomic mass is 32.1. The minimum absolute atomic E-state index is 1.05. The van der Waals surface area contributed by atoms with Crippen molar-refractivity contribution < 1.29 is 0 Å². The number of fused-ring (bicyclic) bond motifs is 3. The molecule has 5 aromatic rings. The summed E-state index contributed by atoms with van der Waals surface area (Å²) in [5.74, 6) is 0. The summed E-state index contributed by atoms with van der Waals surface area (Å²) in [5, 5.41) is 10.9. The van der Waals surface area contributed by atoms with Crippen LogP contribution < -0.4 is 5.32 Å². The standard InChI is InChI=1S/C26H27NS4/c1-3-5-7-17-10-13-28-25(17)23-15-18-19-16-24(31-22(19)9-8-21(18)30-23)26-20(11-14-29-26)27-12-6-4-2/h8-11,13-16,27H,3-7,12H2,1-2H3. The van der Waals surface area contributed by atoms with Gasteiger partial charge in [-0.2, -0.15) is 0 Å². The predicted octanol–water partition coefficient (Wildman–Crippen LogP) is 10.1. The number of benzene rings is 1. The molecular formula is C26H27NS4. The molecule has 0 fully saturated rings. The molecule has 160 valence electrons. The van der Waals surface area contributed by atoms with Crippen LogP contribution in [-0.2, 0) is 6.42 Å². The Morgan fingerprint density at radius 3 is 2.10 bits per heavy atom. The maximum Gasteiger partial charge on any atom is 0.0674 e. The Kier molecular flexibility index (Phi) is 6.46. The molecule has 0 saturated heterocycles. The predicted molar refractivity (Wildman–Crippen MR) is 146 cm³/mol. The molecule has 0 aliphatic rings. The van der Waals surface area contributed by atoms with Gasteiger partial charge in [0, 0.05) is 41.3 Å². The van der Waals surface area contributed by atoms with Gasteiger partial charge in [-0.25, -0.2) is 0 Å². The molecule has 0 bridgehead atoms. The summed E-state index contributed by atoms with van der Waals surface area (Å²) in [6.45, 7) is 5.56. The molecule has 0 amide bonds. The van der Waals surface area contributed by atoms with Gasteiger partial charge < -0.3 is 5.32 Å². The molecule has 0 saturated carbocycles. The number of anilines is 1. The van der Waals surface area contributed by atoms with E-state index in [-0.39, 0.29) is 0 Å². The summed E-state index contributed by atoms with van der Waals surface area (Å²) in [4.78, 5) is 5.65. The van der Waals surface area contributed by atoms with Crippen LogP contribution in [0.4, 0.5) is 5.69 Å². The zero-order valence-corrected chi connectivity index (χ0v) is 21.3. The highest BCUT2D eigenvalue weighted by molar-refractivity contribution is 7.27. The molecule has 0 spiro atoms. The van der Waals surface area contributed by atoms with Crippen LogP contribution in [0.3, 0.4) is 0 Å². The van der Waals surface area contributed by atoms with Gasteiger partial charge in [-0.15, -0.1) is 45.3 Å². The minimum Gasteiger partial charge on any atom is -0.384 e. The lowest BCUT2D eigenvalue weighted by Crippen LogP contribution is -2.00. The van der Waals surface area contributed by atoms with E-state index in [1.807, 2.05) is 45.3 Å². The largest absolute Gasteiger partial charge is 0.384 e. The third kappa shape index (κ3) is 4.21. The van der Waals surface area contributed by atoms with Crippen molar-refractivity contribution in [2.24, 2.45) is 0 Å². The first-order valence-electron chi connectivity index (χ1n) is 11.1. The Morgan fingerprint density at radius 2 is 1.39 bits per heavy atom. The number of rotatable bonds is 9. The number of aryl methyl sites for hydroxylation is 1. The molecule has 1 aromatic carbocycles. The summed E-state index contributed by atoms with van der Waals surface area (Å²) >= 11 is 7.61. The summed E-state index contributed by atoms with van der Waals surface area (Å²) < 4.78 is 2.78. The molecule has 1 nitrogen and oxygen atoms in total. The van der Waals surface area contributed by atoms with Gasteiger partial charge in [0.05, 0.1) is 10.6 Å². The van der Waals surface area contributed by atoms with Gasteiger partial charge in [-0.3, -0.25) is 0 Å². The van der Waals surface area contributed by atoms with Crippen LogP contribution >= 0.6 is 45.3 Å². The van der Waals surface area contributed by atoms with Crippen LogP contribution in [0.2, 0.25) is 0 Å². The lowest BCUT2D eigenvalue weighted by atomic mass is 10.1. The Bertz CT molecular complexity index is 1300. The maximum atomic E-state index is 3.64. The molecule has 0 aliphatic carbocycles. The molecule has 0 radical (unpaired) electrons. The quantitative estimate of drug-likeness (QED) is 0.206. The van der Waals surface area contributed by atoms with E-state index < -0.39 is 0 Å². The SMILES string of the molecule is CCCCNc1ccsc1-c1cc2c(ccc3sc(-c4sccc4CCCC)cc32)s1. The van der Waals surface area contributed by atoms with Gasteiger partial charge in [0.25, 0.3) is 0 Å². The van der Waals surface area contributed by atoms with Gasteiger partial charge in [-0.1, -0.05) is 26.7 Å². The number of nitrogens with one attached hydrogen (secondary N) is 1. The fraction of sp³-hybridized carbons (Fsp3) is 0.308. The molecule has 0 unspecified atom stereocenters. The first-order valence-corrected chi connectivity index (χ1v) is 14.5. The molecule has 5 heteroatoms. The highest BCUT2D eigenvalue weighted by Crippen LogP contribution is 2.46. The first kappa shape index (κ1) is 21.2. The van der Waals surface area contributed by atoms with E-state index in [1.165, 1.54) is 83.0 Å². The molecule has 0 atom stereocenters. The Morgan fingerprint density at radius 1 is 0.742 bits per heavy atom. The van der Waals surface area contributed by atoms with Crippen LogP contribution in [-0.4, -0.2) is 6.54 Å². The Balaban J connectivity index is 1.53. The average Bonchev–Trinajstić information content (AvgIpc) is 3.56. The number of thiophene rings is 4. The molecule has 1 N–H and O–H groups in total. The number of unbranched alkanes of at least 4 members (excludes halogenated alkanes) is 2. The van der Waals surface area contributed by atoms with Gasteiger partial charge in [0.15, 0.2) is 0 Å². The van der Waals surface area contributed by atoms with Crippen LogP contribution in [0, 0.1) is 0 Å². The van der Waals surface area contributed by atoms with Gasteiger partial charge in [0.1, 0.15) is 0 Å². The second-order valence-corrected chi connectivity index (χ2v) is 11.9. The van der Waals surface area contributed by atoms with Gasteiger partial charge in [-0.05, 0) is 72.0 Å². The fourth-order valence-corrected chi connectivity index (χ4v) is 8.28. The zero-order valence-electron chi connectivity index (χ0n) is 18.0. The number of hydrogen-bond donors (Lipinski definition) is 1. The normalized spacial score (nSPS) is 11.7. The molecule has 4 aromatic heterocycles. The Hall–Kier alpha value is -1.66. The van der Waals surface area contributed by atoms with E-state index in [0.717, 1.165) is 6.54 Å².